The van der Waals surface area contributed by atoms with Crippen LogP contribution in [0.3, 0.4) is 0 Å². The molecule has 0 aromatic heterocycles. The fourth-order valence-corrected chi connectivity index (χ4v) is 7.88. The number of hydrogen-bond donors (Lipinski definition) is 4. The Labute approximate surface area is 368 Å². The summed E-state index contributed by atoms with van der Waals surface area (Å²) in [6, 6.07) is 0. The van der Waals surface area contributed by atoms with Gasteiger partial charge in [0.25, 0.3) is 0 Å². The summed E-state index contributed by atoms with van der Waals surface area (Å²) in [5.41, 5.74) is 0. The zero-order chi connectivity index (χ0) is 43.6. The third kappa shape index (κ3) is 33.3. The van der Waals surface area contributed by atoms with E-state index in [-0.39, 0.29) is 19.2 Å². The summed E-state index contributed by atoms with van der Waals surface area (Å²) in [7, 11) is 0. The maximum absolute atomic E-state index is 12.8. The predicted molar refractivity (Wildman–Crippen MR) is 247 cm³/mol. The second kappa shape index (κ2) is 42.9. The number of unbranched alkanes of at least 4 members (excludes halogenated alkanes) is 29. The van der Waals surface area contributed by atoms with E-state index in [1.807, 2.05) is 0 Å². The molecule has 1 fully saturated rings. The van der Waals surface area contributed by atoms with Gasteiger partial charge in [0, 0.05) is 13.0 Å². The number of esters is 1. The predicted octanol–water partition coefficient (Wildman–Crippen LogP) is 12.1. The average Bonchev–Trinajstić information content (AvgIpc) is 3.25. The lowest BCUT2D eigenvalue weighted by molar-refractivity contribution is -0.305. The highest BCUT2D eigenvalue weighted by atomic mass is 16.7. The van der Waals surface area contributed by atoms with Gasteiger partial charge >= 0.3 is 5.97 Å². The molecule has 6 atom stereocenters. The molecule has 354 valence electrons. The van der Waals surface area contributed by atoms with Crippen molar-refractivity contribution in [3.63, 3.8) is 0 Å². The number of carbonyl (C=O) groups excluding carboxylic acids is 1. The van der Waals surface area contributed by atoms with Gasteiger partial charge in [-0.1, -0.05) is 212 Å². The van der Waals surface area contributed by atoms with Gasteiger partial charge in [0.1, 0.15) is 30.5 Å². The molecular weight excluding hydrogens is 757 g/mol. The molecule has 0 saturated carbocycles. The van der Waals surface area contributed by atoms with Crippen LogP contribution in [0.4, 0.5) is 0 Å². The van der Waals surface area contributed by atoms with Crippen LogP contribution < -0.4 is 0 Å². The number of ether oxygens (including phenoxy) is 4. The number of allylic oxidation sites excluding steroid dienone is 4. The quantitative estimate of drug-likeness (QED) is 0.0268. The highest BCUT2D eigenvalue weighted by Gasteiger charge is 2.44. The molecule has 0 amide bonds. The maximum Gasteiger partial charge on any atom is 0.306 e. The van der Waals surface area contributed by atoms with Crippen LogP contribution in [-0.2, 0) is 23.7 Å². The fourth-order valence-electron chi connectivity index (χ4n) is 7.88. The van der Waals surface area contributed by atoms with Crippen molar-refractivity contribution in [2.45, 2.75) is 269 Å². The minimum Gasteiger partial charge on any atom is -0.457 e. The van der Waals surface area contributed by atoms with E-state index in [2.05, 4.69) is 38.2 Å². The van der Waals surface area contributed by atoms with Gasteiger partial charge in [-0.15, -0.1) is 0 Å². The lowest BCUT2D eigenvalue weighted by atomic mass is 9.99. The summed E-state index contributed by atoms with van der Waals surface area (Å²) < 4.78 is 22.9. The second-order valence-electron chi connectivity index (χ2n) is 17.6. The molecular formula is C51H96O9. The van der Waals surface area contributed by atoms with Gasteiger partial charge in [0.05, 0.1) is 19.8 Å². The Morgan fingerprint density at radius 3 is 1.50 bits per heavy atom. The van der Waals surface area contributed by atoms with E-state index < -0.39 is 43.4 Å². The fraction of sp³-hybridized carbons (Fsp3) is 0.902. The minimum absolute atomic E-state index is 0.114. The van der Waals surface area contributed by atoms with Crippen molar-refractivity contribution >= 4 is 5.97 Å². The standard InChI is InChI=1S/C51H96O9/c1-3-5-7-9-11-13-15-17-19-20-21-22-23-24-25-26-27-28-30-32-34-36-38-40-47(53)59-45(44-58-51-50(56)49(55)48(54)46(42-52)60-51)43-57-41-39-37-35-33-31-29-18-16-14-12-10-8-6-4-2/h8,10,14,16,45-46,48-52,54-56H,3-7,9,11-13,15,17-44H2,1-2H3/b10-8-,16-14-. The highest BCUT2D eigenvalue weighted by molar-refractivity contribution is 5.69. The first kappa shape index (κ1) is 56.7. The van der Waals surface area contributed by atoms with Gasteiger partial charge in [-0.25, -0.2) is 0 Å². The normalized spacial score (nSPS) is 20.1. The van der Waals surface area contributed by atoms with Crippen LogP contribution in [0, 0.1) is 0 Å². The van der Waals surface area contributed by atoms with Crippen molar-refractivity contribution in [3.8, 4) is 0 Å². The molecule has 0 aromatic rings. The molecule has 1 saturated heterocycles. The van der Waals surface area contributed by atoms with Crippen LogP contribution in [-0.4, -0.2) is 89.6 Å². The molecule has 1 aliphatic heterocycles. The van der Waals surface area contributed by atoms with Crippen molar-refractivity contribution in [2.75, 3.05) is 26.4 Å². The summed E-state index contributed by atoms with van der Waals surface area (Å²) in [5.74, 6) is -0.313. The van der Waals surface area contributed by atoms with Gasteiger partial charge in [0.15, 0.2) is 6.29 Å². The van der Waals surface area contributed by atoms with E-state index >= 15 is 0 Å². The average molecular weight is 853 g/mol. The van der Waals surface area contributed by atoms with Gasteiger partial charge in [-0.05, 0) is 38.5 Å². The van der Waals surface area contributed by atoms with Crippen molar-refractivity contribution in [2.24, 2.45) is 0 Å². The van der Waals surface area contributed by atoms with E-state index in [0.717, 1.165) is 57.8 Å². The number of aliphatic hydroxyl groups is 4. The smallest absolute Gasteiger partial charge is 0.306 e. The summed E-state index contributed by atoms with van der Waals surface area (Å²) >= 11 is 0. The van der Waals surface area contributed by atoms with Crippen molar-refractivity contribution < 1.29 is 44.2 Å². The third-order valence-corrected chi connectivity index (χ3v) is 11.9. The van der Waals surface area contributed by atoms with Crippen molar-refractivity contribution in [1.29, 1.82) is 0 Å². The molecule has 0 aromatic carbocycles. The summed E-state index contributed by atoms with van der Waals surface area (Å²) in [6.45, 7) is 4.51. The van der Waals surface area contributed by atoms with Crippen molar-refractivity contribution in [1.82, 2.24) is 0 Å². The van der Waals surface area contributed by atoms with E-state index in [4.69, 9.17) is 18.9 Å². The molecule has 9 heteroatoms. The zero-order valence-electron chi connectivity index (χ0n) is 39.0. The molecule has 60 heavy (non-hydrogen) atoms. The minimum atomic E-state index is -1.54. The Hall–Kier alpha value is -1.33. The van der Waals surface area contributed by atoms with E-state index in [1.165, 1.54) is 154 Å². The molecule has 9 nitrogen and oxygen atoms in total. The van der Waals surface area contributed by atoms with E-state index in [0.29, 0.717) is 13.0 Å². The molecule has 0 radical (unpaired) electrons. The van der Waals surface area contributed by atoms with Crippen LogP contribution in [0.2, 0.25) is 0 Å². The van der Waals surface area contributed by atoms with E-state index in [1.54, 1.807) is 0 Å². The molecule has 4 N–H and O–H groups in total. The number of aliphatic hydroxyl groups excluding tert-OH is 4. The Morgan fingerprint density at radius 2 is 1.00 bits per heavy atom. The van der Waals surface area contributed by atoms with Crippen LogP contribution in [0.15, 0.2) is 24.3 Å². The Bertz CT molecular complexity index is 972. The van der Waals surface area contributed by atoms with Crippen LogP contribution in [0.5, 0.6) is 0 Å². The lowest BCUT2D eigenvalue weighted by Crippen LogP contribution is -2.59. The second-order valence-corrected chi connectivity index (χ2v) is 17.6. The zero-order valence-corrected chi connectivity index (χ0v) is 39.0. The molecule has 0 bridgehead atoms. The Kier molecular flexibility index (Phi) is 40.6. The summed E-state index contributed by atoms with van der Waals surface area (Å²) in [6.07, 6.45) is 43.6. The van der Waals surface area contributed by atoms with Crippen LogP contribution in [0.1, 0.15) is 232 Å². The molecule has 1 rings (SSSR count). The Balaban J connectivity index is 2.17. The first-order chi connectivity index (χ1) is 29.4. The van der Waals surface area contributed by atoms with Crippen LogP contribution >= 0.6 is 0 Å². The number of rotatable bonds is 44. The molecule has 0 spiro atoms. The molecule has 6 unspecified atom stereocenters. The van der Waals surface area contributed by atoms with Crippen LogP contribution in [0.25, 0.3) is 0 Å². The van der Waals surface area contributed by atoms with Crippen molar-refractivity contribution in [3.05, 3.63) is 24.3 Å². The molecule has 0 aliphatic carbocycles. The highest BCUT2D eigenvalue weighted by Crippen LogP contribution is 2.23. The molecule has 1 aliphatic rings. The molecule has 1 heterocycles. The number of hydrogen-bond acceptors (Lipinski definition) is 9. The SMILES string of the molecule is CCC/C=C\C/C=C\CCCCCCCCOCC(COC1OC(CO)C(O)C(O)C1O)OC(=O)CCCCCCCCCCCCCCCCCCCCCCCCC. The maximum atomic E-state index is 12.8. The first-order valence-corrected chi connectivity index (χ1v) is 25.4. The summed E-state index contributed by atoms with van der Waals surface area (Å²) in [5, 5.41) is 40.2. The van der Waals surface area contributed by atoms with Gasteiger partial charge in [-0.2, -0.15) is 0 Å². The topological polar surface area (TPSA) is 135 Å². The van der Waals surface area contributed by atoms with Gasteiger partial charge in [-0.3, -0.25) is 4.79 Å². The van der Waals surface area contributed by atoms with Gasteiger partial charge in [0.2, 0.25) is 0 Å². The lowest BCUT2D eigenvalue weighted by Gasteiger charge is -2.39. The largest absolute Gasteiger partial charge is 0.457 e. The first-order valence-electron chi connectivity index (χ1n) is 25.4. The van der Waals surface area contributed by atoms with E-state index in [9.17, 15) is 25.2 Å². The monoisotopic (exact) mass is 853 g/mol. The number of carbonyl (C=O) groups is 1. The third-order valence-electron chi connectivity index (χ3n) is 11.9. The van der Waals surface area contributed by atoms with Gasteiger partial charge < -0.3 is 39.4 Å². The summed E-state index contributed by atoms with van der Waals surface area (Å²) in [4.78, 5) is 12.8. The Morgan fingerprint density at radius 1 is 0.533 bits per heavy atom.